The van der Waals surface area contributed by atoms with Crippen LogP contribution in [0.15, 0.2) is 52.3 Å². The molecular weight excluding hydrogens is 355 g/mol. The normalized spacial score (nSPS) is 10.4. The van der Waals surface area contributed by atoms with Crippen LogP contribution in [0, 0.1) is 3.57 Å². The van der Waals surface area contributed by atoms with Crippen molar-refractivity contribution in [3.63, 3.8) is 0 Å². The largest absolute Gasteiger partial charge is 0.496 e. The number of rotatable bonds is 4. The average Bonchev–Trinajstić information content (AvgIpc) is 2.40. The van der Waals surface area contributed by atoms with E-state index in [0.717, 1.165) is 15.7 Å². The van der Waals surface area contributed by atoms with Gasteiger partial charge in [0.05, 0.1) is 10.7 Å². The van der Waals surface area contributed by atoms with Gasteiger partial charge in [0.2, 0.25) is 0 Å². The summed E-state index contributed by atoms with van der Waals surface area (Å²) in [6, 6.07) is 15.0. The Morgan fingerprint density at radius 3 is 2.28 bits per heavy atom. The number of hydrogen-bond donors (Lipinski definition) is 0. The summed E-state index contributed by atoms with van der Waals surface area (Å²) in [5.74, 6) is 0.932. The molecule has 0 aliphatic carbocycles. The van der Waals surface area contributed by atoms with Gasteiger partial charge in [0.15, 0.2) is 0 Å². The van der Waals surface area contributed by atoms with Crippen molar-refractivity contribution >= 4 is 34.4 Å². The van der Waals surface area contributed by atoms with Gasteiger partial charge in [-0.3, -0.25) is 0 Å². The fraction of sp³-hybridized carbons (Fsp3) is 0.200. The smallest absolute Gasteiger partial charge is 0.132 e. The molecule has 0 spiro atoms. The minimum Gasteiger partial charge on any atom is -0.496 e. The van der Waals surface area contributed by atoms with Gasteiger partial charge >= 0.3 is 0 Å². The molecule has 0 radical (unpaired) electrons. The zero-order chi connectivity index (χ0) is 13.0. The van der Waals surface area contributed by atoms with E-state index in [1.54, 1.807) is 18.9 Å². The maximum absolute atomic E-state index is 5.26. The maximum Gasteiger partial charge on any atom is 0.132 e. The Morgan fingerprint density at radius 1 is 1.06 bits per heavy atom. The highest BCUT2D eigenvalue weighted by molar-refractivity contribution is 14.1. The Kier molecular flexibility index (Phi) is 4.95. The number of halogens is 1. The molecule has 1 nitrogen and oxygen atoms in total. The molecule has 3 heteroatoms. The van der Waals surface area contributed by atoms with E-state index >= 15 is 0 Å². The summed E-state index contributed by atoms with van der Waals surface area (Å²) in [5, 5.41) is 0. The molecule has 0 saturated carbocycles. The van der Waals surface area contributed by atoms with E-state index in [2.05, 4.69) is 65.9 Å². The summed E-state index contributed by atoms with van der Waals surface area (Å²) in [6.45, 7) is 2.17. The summed E-state index contributed by atoms with van der Waals surface area (Å²) < 4.78 is 6.41. The van der Waals surface area contributed by atoms with Crippen LogP contribution in [0.2, 0.25) is 0 Å². The van der Waals surface area contributed by atoms with Crippen molar-refractivity contribution in [1.29, 1.82) is 0 Å². The van der Waals surface area contributed by atoms with Crippen molar-refractivity contribution in [1.82, 2.24) is 0 Å². The molecular formula is C15H15IOS. The van der Waals surface area contributed by atoms with E-state index in [4.69, 9.17) is 4.74 Å². The molecule has 0 heterocycles. The third-order valence-corrected chi connectivity index (χ3v) is 4.53. The molecule has 18 heavy (non-hydrogen) atoms. The Hall–Kier alpha value is -0.680. The fourth-order valence-corrected chi connectivity index (χ4v) is 3.44. The van der Waals surface area contributed by atoms with Gasteiger partial charge in [-0.15, -0.1) is 0 Å². The number of hydrogen-bond acceptors (Lipinski definition) is 2. The first-order chi connectivity index (χ1) is 8.72. The second-order valence-corrected chi connectivity index (χ2v) is 6.21. The first-order valence-corrected chi connectivity index (χ1v) is 7.72. The minimum atomic E-state index is 0.932. The molecule has 0 N–H and O–H groups in total. The Bertz CT molecular complexity index is 523. The van der Waals surface area contributed by atoms with E-state index in [1.807, 2.05) is 6.07 Å². The molecule has 0 bridgehead atoms. The molecule has 0 aliphatic heterocycles. The summed E-state index contributed by atoms with van der Waals surface area (Å²) in [7, 11) is 1.70. The van der Waals surface area contributed by atoms with E-state index in [-0.39, 0.29) is 0 Å². The fourth-order valence-electron chi connectivity index (χ4n) is 1.64. The van der Waals surface area contributed by atoms with E-state index in [9.17, 15) is 0 Å². The van der Waals surface area contributed by atoms with E-state index in [1.165, 1.54) is 15.4 Å². The molecule has 2 rings (SSSR count). The van der Waals surface area contributed by atoms with E-state index in [0.29, 0.717) is 0 Å². The Labute approximate surface area is 126 Å². The van der Waals surface area contributed by atoms with Gasteiger partial charge in [-0.25, -0.2) is 0 Å². The summed E-state index contributed by atoms with van der Waals surface area (Å²) in [5.41, 5.74) is 1.38. The van der Waals surface area contributed by atoms with Crippen molar-refractivity contribution in [2.45, 2.75) is 23.1 Å². The monoisotopic (exact) mass is 370 g/mol. The zero-order valence-electron chi connectivity index (χ0n) is 10.4. The molecule has 94 valence electrons. The maximum atomic E-state index is 5.26. The van der Waals surface area contributed by atoms with Gasteiger partial charge in [-0.05, 0) is 64.9 Å². The van der Waals surface area contributed by atoms with Crippen LogP contribution in [0.5, 0.6) is 5.75 Å². The van der Waals surface area contributed by atoms with Gasteiger partial charge in [0.1, 0.15) is 5.75 Å². The Morgan fingerprint density at radius 2 is 1.72 bits per heavy atom. The third-order valence-electron chi connectivity index (χ3n) is 2.69. The Balaban J connectivity index is 2.15. The van der Waals surface area contributed by atoms with Crippen LogP contribution in [-0.4, -0.2) is 7.11 Å². The van der Waals surface area contributed by atoms with Crippen molar-refractivity contribution in [2.75, 3.05) is 7.11 Å². The van der Waals surface area contributed by atoms with Gasteiger partial charge < -0.3 is 4.74 Å². The highest BCUT2D eigenvalue weighted by Crippen LogP contribution is 2.32. The summed E-state index contributed by atoms with van der Waals surface area (Å²) in [4.78, 5) is 2.51. The van der Waals surface area contributed by atoms with Crippen LogP contribution in [0.25, 0.3) is 0 Å². The van der Waals surface area contributed by atoms with Crippen LogP contribution in [0.3, 0.4) is 0 Å². The number of aryl methyl sites for hydroxylation is 1. The van der Waals surface area contributed by atoms with Crippen LogP contribution in [-0.2, 0) is 6.42 Å². The van der Waals surface area contributed by atoms with Crippen molar-refractivity contribution in [3.8, 4) is 5.75 Å². The van der Waals surface area contributed by atoms with Gasteiger partial charge in [-0.2, -0.15) is 0 Å². The van der Waals surface area contributed by atoms with Crippen molar-refractivity contribution in [3.05, 3.63) is 51.6 Å². The quantitative estimate of drug-likeness (QED) is 0.700. The average molecular weight is 370 g/mol. The first kappa shape index (κ1) is 13.7. The van der Waals surface area contributed by atoms with Crippen LogP contribution in [0.4, 0.5) is 0 Å². The molecule has 0 amide bonds. The highest BCUT2D eigenvalue weighted by Gasteiger charge is 2.03. The highest BCUT2D eigenvalue weighted by atomic mass is 127. The van der Waals surface area contributed by atoms with E-state index < -0.39 is 0 Å². The van der Waals surface area contributed by atoms with Crippen LogP contribution in [0.1, 0.15) is 12.5 Å². The van der Waals surface area contributed by atoms with Crippen molar-refractivity contribution < 1.29 is 4.74 Å². The molecule has 0 saturated heterocycles. The van der Waals surface area contributed by atoms with Gasteiger partial charge in [0.25, 0.3) is 0 Å². The molecule has 0 fully saturated rings. The molecule has 0 atom stereocenters. The molecule has 0 aromatic heterocycles. The lowest BCUT2D eigenvalue weighted by Gasteiger charge is -2.06. The van der Waals surface area contributed by atoms with Crippen molar-refractivity contribution in [2.24, 2.45) is 0 Å². The predicted molar refractivity (Wildman–Crippen MR) is 85.7 cm³/mol. The van der Waals surface area contributed by atoms with Crippen LogP contribution < -0.4 is 4.74 Å². The summed E-state index contributed by atoms with van der Waals surface area (Å²) >= 11 is 4.08. The predicted octanol–water partition coefficient (Wildman–Crippen LogP) is 5.01. The third kappa shape index (κ3) is 3.42. The lowest BCUT2D eigenvalue weighted by atomic mass is 10.2. The molecule has 2 aromatic rings. The standard InChI is InChI=1S/C15H15IOS/c1-3-11-4-6-12(7-5-11)18-13-8-9-15(17-2)14(16)10-13/h4-10H,3H2,1-2H3. The molecule has 2 aromatic carbocycles. The summed E-state index contributed by atoms with van der Waals surface area (Å²) in [6.07, 6.45) is 1.09. The second-order valence-electron chi connectivity index (χ2n) is 3.90. The lowest BCUT2D eigenvalue weighted by Crippen LogP contribution is -1.86. The molecule has 0 aliphatic rings. The van der Waals surface area contributed by atoms with Gasteiger partial charge in [-0.1, -0.05) is 30.8 Å². The van der Waals surface area contributed by atoms with Crippen LogP contribution >= 0.6 is 34.4 Å². The SMILES string of the molecule is CCc1ccc(Sc2ccc(OC)c(I)c2)cc1. The number of benzene rings is 2. The number of methoxy groups -OCH3 is 1. The zero-order valence-corrected chi connectivity index (χ0v) is 13.4. The first-order valence-electron chi connectivity index (χ1n) is 5.83. The lowest BCUT2D eigenvalue weighted by molar-refractivity contribution is 0.411. The second kappa shape index (κ2) is 6.48. The molecule has 0 unspecified atom stereocenters. The van der Waals surface area contributed by atoms with Gasteiger partial charge in [0, 0.05) is 9.79 Å². The minimum absolute atomic E-state index is 0.932. The topological polar surface area (TPSA) is 9.23 Å². The number of ether oxygens (including phenoxy) is 1.